The van der Waals surface area contributed by atoms with Gasteiger partial charge in [-0.05, 0) is 23.8 Å². The van der Waals surface area contributed by atoms with Gasteiger partial charge in [-0.25, -0.2) is 8.42 Å². The summed E-state index contributed by atoms with van der Waals surface area (Å²) in [6.07, 6.45) is 4.35. The third-order valence-electron chi connectivity index (χ3n) is 4.97. The topological polar surface area (TPSA) is 92.7 Å². The van der Waals surface area contributed by atoms with Gasteiger partial charge >= 0.3 is 0 Å². The van der Waals surface area contributed by atoms with E-state index < -0.39 is 9.84 Å². The van der Waals surface area contributed by atoms with E-state index in [0.717, 1.165) is 5.56 Å². The number of benzene rings is 2. The summed E-state index contributed by atoms with van der Waals surface area (Å²) in [5, 5.41) is 0. The lowest BCUT2D eigenvalue weighted by atomic mass is 10.1. The number of amides is 1. The average molecular weight is 455 g/mol. The van der Waals surface area contributed by atoms with Crippen LogP contribution in [0.15, 0.2) is 65.8 Å². The first-order valence-electron chi connectivity index (χ1n) is 9.97. The van der Waals surface area contributed by atoms with Crippen LogP contribution in [0.25, 0.3) is 11.1 Å². The summed E-state index contributed by atoms with van der Waals surface area (Å²) in [4.78, 5) is 23.8. The van der Waals surface area contributed by atoms with Crippen molar-refractivity contribution in [2.45, 2.75) is 11.8 Å². The van der Waals surface area contributed by atoms with Gasteiger partial charge in [0, 0.05) is 45.9 Å². The number of anilines is 1. The molecule has 2 aromatic carbocycles. The predicted molar refractivity (Wildman–Crippen MR) is 124 cm³/mol. The van der Waals surface area contributed by atoms with Gasteiger partial charge in [-0.1, -0.05) is 30.3 Å². The first kappa shape index (κ1) is 23.2. The highest BCUT2D eigenvalue weighted by molar-refractivity contribution is 7.90. The van der Waals surface area contributed by atoms with E-state index in [4.69, 9.17) is 4.74 Å². The Morgan fingerprint density at radius 3 is 2.34 bits per heavy atom. The van der Waals surface area contributed by atoms with Crippen LogP contribution in [0.4, 0.5) is 5.82 Å². The number of carbonyl (C=O) groups is 1. The summed E-state index contributed by atoms with van der Waals surface area (Å²) in [6, 6.07) is 14.0. The van der Waals surface area contributed by atoms with E-state index in [1.165, 1.54) is 19.4 Å². The predicted octanol–water partition coefficient (Wildman–Crippen LogP) is 3.25. The van der Waals surface area contributed by atoms with Gasteiger partial charge in [0.1, 0.15) is 5.75 Å². The first-order valence-corrected chi connectivity index (χ1v) is 11.9. The number of carbonyl (C=O) groups excluding carboxylic acids is 1. The van der Waals surface area contributed by atoms with E-state index >= 15 is 0 Å². The van der Waals surface area contributed by atoms with Crippen molar-refractivity contribution < 1.29 is 17.9 Å². The van der Waals surface area contributed by atoms with Crippen LogP contribution in [0, 0.1) is 0 Å². The summed E-state index contributed by atoms with van der Waals surface area (Å²) < 4.78 is 30.0. The highest BCUT2D eigenvalue weighted by Crippen LogP contribution is 2.30. The molecule has 1 amide bonds. The lowest BCUT2D eigenvalue weighted by Gasteiger charge is -2.22. The van der Waals surface area contributed by atoms with Crippen molar-refractivity contribution >= 4 is 21.6 Å². The zero-order valence-corrected chi connectivity index (χ0v) is 19.3. The van der Waals surface area contributed by atoms with Crippen molar-refractivity contribution in [1.82, 2.24) is 14.9 Å². The molecule has 9 heteroatoms. The van der Waals surface area contributed by atoms with Crippen molar-refractivity contribution in [2.75, 3.05) is 38.3 Å². The fraction of sp³-hybridized carbons (Fsp3) is 0.261. The van der Waals surface area contributed by atoms with Crippen molar-refractivity contribution in [2.24, 2.45) is 0 Å². The van der Waals surface area contributed by atoms with Gasteiger partial charge in [0.05, 0.1) is 17.3 Å². The lowest BCUT2D eigenvalue weighted by molar-refractivity contribution is -0.127. The Kier molecular flexibility index (Phi) is 7.09. The van der Waals surface area contributed by atoms with Gasteiger partial charge in [-0.2, -0.15) is 4.98 Å². The molecule has 0 bridgehead atoms. The molecule has 0 radical (unpaired) electrons. The minimum atomic E-state index is -3.34. The van der Waals surface area contributed by atoms with Crippen LogP contribution in [-0.4, -0.2) is 62.6 Å². The minimum Gasteiger partial charge on any atom is -0.437 e. The molecule has 0 aliphatic rings. The second-order valence-corrected chi connectivity index (χ2v) is 9.46. The molecule has 8 nitrogen and oxygen atoms in total. The molecule has 1 aromatic heterocycles. The van der Waals surface area contributed by atoms with Crippen LogP contribution in [0.3, 0.4) is 0 Å². The zero-order chi connectivity index (χ0) is 23.3. The van der Waals surface area contributed by atoms with Crippen LogP contribution >= 0.6 is 0 Å². The maximum absolute atomic E-state index is 12.1. The molecule has 0 N–H and O–H groups in total. The van der Waals surface area contributed by atoms with E-state index in [2.05, 4.69) is 9.97 Å². The molecule has 32 heavy (non-hydrogen) atoms. The molecule has 1 heterocycles. The Hall–Kier alpha value is -3.46. The van der Waals surface area contributed by atoms with Crippen molar-refractivity contribution in [3.63, 3.8) is 0 Å². The smallest absolute Gasteiger partial charge is 0.239 e. The normalized spacial score (nSPS) is 11.1. The highest BCUT2D eigenvalue weighted by Gasteiger charge is 2.14. The number of sulfone groups is 1. The maximum atomic E-state index is 12.1. The third kappa shape index (κ3) is 5.82. The summed E-state index contributed by atoms with van der Waals surface area (Å²) in [7, 11) is 0.276. The summed E-state index contributed by atoms with van der Waals surface area (Å²) in [5.41, 5.74) is 1.41. The Morgan fingerprint density at radius 1 is 1.00 bits per heavy atom. The van der Waals surface area contributed by atoms with E-state index in [1.807, 2.05) is 11.9 Å². The number of nitrogens with zero attached hydrogens (tertiary/aromatic N) is 4. The van der Waals surface area contributed by atoms with E-state index in [1.54, 1.807) is 66.7 Å². The molecule has 0 saturated heterocycles. The molecular formula is C23H26N4O4S. The van der Waals surface area contributed by atoms with Crippen molar-refractivity contribution in [3.8, 4) is 22.8 Å². The molecule has 0 aliphatic heterocycles. The number of rotatable bonds is 8. The van der Waals surface area contributed by atoms with Crippen LogP contribution in [0.1, 0.15) is 6.92 Å². The Balaban J connectivity index is 1.73. The van der Waals surface area contributed by atoms with E-state index in [-0.39, 0.29) is 10.8 Å². The van der Waals surface area contributed by atoms with Crippen LogP contribution < -0.4 is 9.64 Å². The fourth-order valence-corrected chi connectivity index (χ4v) is 3.91. The maximum Gasteiger partial charge on any atom is 0.239 e. The van der Waals surface area contributed by atoms with E-state index in [9.17, 15) is 13.2 Å². The SMILES string of the molecule is CC(=O)N(C)CCN(C)c1cncc(Oc2ccc(-c3ccccc3S(C)(=O)=O)cc2)n1. The number of likely N-dealkylation sites (N-methyl/N-ethyl adjacent to an activating group) is 2. The van der Waals surface area contributed by atoms with Crippen molar-refractivity contribution in [1.29, 1.82) is 0 Å². The van der Waals surface area contributed by atoms with E-state index in [0.29, 0.717) is 36.1 Å². The van der Waals surface area contributed by atoms with Gasteiger partial charge < -0.3 is 14.5 Å². The van der Waals surface area contributed by atoms with Gasteiger partial charge in [-0.3, -0.25) is 9.78 Å². The third-order valence-corrected chi connectivity index (χ3v) is 6.13. The van der Waals surface area contributed by atoms with Crippen molar-refractivity contribution in [3.05, 3.63) is 60.9 Å². The minimum absolute atomic E-state index is 0.00387. The fourth-order valence-electron chi connectivity index (χ4n) is 3.00. The van der Waals surface area contributed by atoms with Crippen LogP contribution in [0.2, 0.25) is 0 Å². The molecule has 0 saturated carbocycles. The van der Waals surface area contributed by atoms with Crippen LogP contribution in [-0.2, 0) is 14.6 Å². The Morgan fingerprint density at radius 2 is 1.69 bits per heavy atom. The van der Waals surface area contributed by atoms with Crippen LogP contribution in [0.5, 0.6) is 11.6 Å². The number of hydrogen-bond acceptors (Lipinski definition) is 7. The molecule has 0 aliphatic carbocycles. The summed E-state index contributed by atoms with van der Waals surface area (Å²) >= 11 is 0. The first-order chi connectivity index (χ1) is 15.1. The standard InChI is InChI=1S/C23H26N4O4S/c1-17(28)26(2)13-14-27(3)22-15-24-16-23(25-22)31-19-11-9-18(10-12-19)20-7-5-6-8-21(20)32(4,29)30/h5-12,15-16H,13-14H2,1-4H3. The van der Waals surface area contributed by atoms with Gasteiger partial charge in [0.25, 0.3) is 0 Å². The molecule has 3 rings (SSSR count). The summed E-state index contributed by atoms with van der Waals surface area (Å²) in [6.45, 7) is 2.69. The molecule has 168 valence electrons. The second kappa shape index (κ2) is 9.78. The summed E-state index contributed by atoms with van der Waals surface area (Å²) in [5.74, 6) is 1.51. The Labute approximate surface area is 188 Å². The lowest BCUT2D eigenvalue weighted by Crippen LogP contribution is -2.33. The number of aromatic nitrogens is 2. The van der Waals surface area contributed by atoms with Gasteiger partial charge in [0.2, 0.25) is 11.8 Å². The quantitative estimate of drug-likeness (QED) is 0.516. The molecule has 0 atom stereocenters. The number of hydrogen-bond donors (Lipinski definition) is 0. The second-order valence-electron chi connectivity index (χ2n) is 7.47. The average Bonchev–Trinajstić information content (AvgIpc) is 2.77. The monoisotopic (exact) mass is 454 g/mol. The van der Waals surface area contributed by atoms with Gasteiger partial charge in [0.15, 0.2) is 15.7 Å². The molecule has 0 unspecified atom stereocenters. The Bertz CT molecular complexity index is 1200. The molecule has 3 aromatic rings. The largest absolute Gasteiger partial charge is 0.437 e. The molecular weight excluding hydrogens is 428 g/mol. The molecule has 0 spiro atoms. The highest BCUT2D eigenvalue weighted by atomic mass is 32.2. The molecule has 0 fully saturated rings. The number of ether oxygens (including phenoxy) is 1. The van der Waals surface area contributed by atoms with Gasteiger partial charge in [-0.15, -0.1) is 0 Å². The zero-order valence-electron chi connectivity index (χ0n) is 18.5.